The summed E-state index contributed by atoms with van der Waals surface area (Å²) in [4.78, 5) is 17.7. The van der Waals surface area contributed by atoms with Crippen LogP contribution in [0.15, 0.2) is 24.5 Å². The third-order valence-electron chi connectivity index (χ3n) is 4.49. The number of rotatable bonds is 3. The second-order valence-electron chi connectivity index (χ2n) is 6.34. The second-order valence-corrected chi connectivity index (χ2v) is 6.34. The molecule has 1 aliphatic carbocycles. The maximum absolute atomic E-state index is 11.7. The van der Waals surface area contributed by atoms with Crippen molar-refractivity contribution in [2.75, 3.05) is 13.1 Å². The molecule has 2 fully saturated rings. The second kappa shape index (κ2) is 9.57. The fraction of sp³-hybridized carbons (Fsp3) is 0.667. The van der Waals surface area contributed by atoms with E-state index in [-0.39, 0.29) is 0 Å². The van der Waals surface area contributed by atoms with Crippen molar-refractivity contribution >= 4 is 5.91 Å². The van der Waals surface area contributed by atoms with Crippen LogP contribution in [0.25, 0.3) is 0 Å². The van der Waals surface area contributed by atoms with E-state index in [4.69, 9.17) is 5.73 Å². The first-order valence-electron chi connectivity index (χ1n) is 8.68. The van der Waals surface area contributed by atoms with Gasteiger partial charge in [0.15, 0.2) is 0 Å². The summed E-state index contributed by atoms with van der Waals surface area (Å²) in [7, 11) is 0. The van der Waals surface area contributed by atoms with Crippen molar-refractivity contribution in [1.29, 1.82) is 0 Å². The van der Waals surface area contributed by atoms with Gasteiger partial charge in [0.25, 0.3) is 0 Å². The zero-order valence-electron chi connectivity index (χ0n) is 13.5. The molecule has 1 saturated carbocycles. The third-order valence-corrected chi connectivity index (χ3v) is 4.49. The number of hydrogen-bond donors (Lipinski definition) is 1. The molecule has 1 aromatic heterocycles. The van der Waals surface area contributed by atoms with Gasteiger partial charge in [0.1, 0.15) is 0 Å². The number of nitrogens with zero attached hydrogens (tertiary/aromatic N) is 2. The van der Waals surface area contributed by atoms with E-state index in [1.54, 1.807) is 12.4 Å². The number of carbonyl (C=O) groups excluding carboxylic acids is 1. The van der Waals surface area contributed by atoms with E-state index in [2.05, 4.69) is 4.98 Å². The number of aromatic nitrogens is 1. The molecule has 122 valence electrons. The maximum atomic E-state index is 11.7. The fourth-order valence-corrected chi connectivity index (χ4v) is 3.06. The van der Waals surface area contributed by atoms with Gasteiger partial charge in [-0.25, -0.2) is 0 Å². The van der Waals surface area contributed by atoms with Crippen LogP contribution in [0.4, 0.5) is 0 Å². The van der Waals surface area contributed by atoms with Gasteiger partial charge in [-0.05, 0) is 49.8 Å². The molecule has 2 N–H and O–H groups in total. The minimum Gasteiger partial charge on any atom is -0.343 e. The van der Waals surface area contributed by atoms with Gasteiger partial charge in [-0.1, -0.05) is 19.3 Å². The van der Waals surface area contributed by atoms with Crippen LogP contribution in [0.2, 0.25) is 0 Å². The molecule has 0 bridgehead atoms. The maximum Gasteiger partial charge on any atom is 0.222 e. The molecule has 1 amide bonds. The number of amides is 1. The number of carbonyl (C=O) groups is 1. The Morgan fingerprint density at radius 2 is 1.73 bits per heavy atom. The molecular formula is C18H29N3O. The average molecular weight is 303 g/mol. The van der Waals surface area contributed by atoms with Crippen molar-refractivity contribution in [2.45, 2.75) is 63.8 Å². The van der Waals surface area contributed by atoms with E-state index in [1.165, 1.54) is 50.5 Å². The van der Waals surface area contributed by atoms with Crippen LogP contribution in [-0.4, -0.2) is 34.9 Å². The van der Waals surface area contributed by atoms with Crippen LogP contribution < -0.4 is 5.73 Å². The van der Waals surface area contributed by atoms with Crippen LogP contribution in [0.1, 0.15) is 56.9 Å². The quantitative estimate of drug-likeness (QED) is 0.934. The zero-order valence-corrected chi connectivity index (χ0v) is 13.5. The number of likely N-dealkylation sites (tertiary alicyclic amines) is 1. The summed E-state index contributed by atoms with van der Waals surface area (Å²) in [5.74, 6) is 0.296. The van der Waals surface area contributed by atoms with Crippen LogP contribution in [0.5, 0.6) is 0 Å². The Hall–Kier alpha value is -1.42. The van der Waals surface area contributed by atoms with Gasteiger partial charge >= 0.3 is 0 Å². The van der Waals surface area contributed by atoms with Gasteiger partial charge in [0, 0.05) is 37.9 Å². The predicted octanol–water partition coefficient (Wildman–Crippen LogP) is 2.91. The Kier molecular flexibility index (Phi) is 7.37. The van der Waals surface area contributed by atoms with Crippen LogP contribution in [0, 0.1) is 0 Å². The summed E-state index contributed by atoms with van der Waals surface area (Å²) < 4.78 is 0. The Bertz CT molecular complexity index is 423. The van der Waals surface area contributed by atoms with Crippen molar-refractivity contribution in [3.63, 3.8) is 0 Å². The first kappa shape index (κ1) is 16.9. The molecule has 0 spiro atoms. The summed E-state index contributed by atoms with van der Waals surface area (Å²) in [6.45, 7) is 1.91. The van der Waals surface area contributed by atoms with Gasteiger partial charge in [-0.3, -0.25) is 9.78 Å². The normalized spacial score (nSPS) is 18.7. The smallest absolute Gasteiger partial charge is 0.222 e. The minimum absolute atomic E-state index is 0.296. The molecule has 0 radical (unpaired) electrons. The highest BCUT2D eigenvalue weighted by Gasteiger charge is 2.17. The van der Waals surface area contributed by atoms with Gasteiger partial charge < -0.3 is 10.6 Å². The Labute approximate surface area is 134 Å². The van der Waals surface area contributed by atoms with Crippen LogP contribution in [0.3, 0.4) is 0 Å². The molecule has 2 heterocycles. The van der Waals surface area contributed by atoms with E-state index in [0.29, 0.717) is 18.4 Å². The van der Waals surface area contributed by atoms with Gasteiger partial charge in [0.2, 0.25) is 5.91 Å². The topological polar surface area (TPSA) is 59.2 Å². The fourth-order valence-electron chi connectivity index (χ4n) is 3.06. The monoisotopic (exact) mass is 303 g/mol. The standard InChI is InChI=1S/C12H16N2O.C6H13N/c15-12(14-9-1-2-10-14)4-3-11-5-7-13-8-6-11;7-6-4-2-1-3-5-6/h5-8H,1-4,9-10H2;6H,1-5,7H2. The van der Waals surface area contributed by atoms with Gasteiger partial charge in [0.05, 0.1) is 0 Å². The Balaban J connectivity index is 0.000000211. The lowest BCUT2D eigenvalue weighted by Crippen LogP contribution is -2.27. The number of aryl methyl sites for hydroxylation is 1. The lowest BCUT2D eigenvalue weighted by molar-refractivity contribution is -0.130. The molecule has 4 heteroatoms. The van der Waals surface area contributed by atoms with Crippen molar-refractivity contribution < 1.29 is 4.79 Å². The summed E-state index contributed by atoms with van der Waals surface area (Å²) in [5.41, 5.74) is 6.83. The summed E-state index contributed by atoms with van der Waals surface area (Å²) in [6.07, 6.45) is 14.0. The van der Waals surface area contributed by atoms with E-state index < -0.39 is 0 Å². The number of pyridine rings is 1. The highest BCUT2D eigenvalue weighted by molar-refractivity contribution is 5.76. The molecule has 0 aromatic carbocycles. The van der Waals surface area contributed by atoms with E-state index in [1.807, 2.05) is 17.0 Å². The Morgan fingerprint density at radius 3 is 2.27 bits per heavy atom. The van der Waals surface area contributed by atoms with Crippen LogP contribution >= 0.6 is 0 Å². The van der Waals surface area contributed by atoms with E-state index >= 15 is 0 Å². The van der Waals surface area contributed by atoms with E-state index in [9.17, 15) is 4.79 Å². The lowest BCUT2D eigenvalue weighted by Gasteiger charge is -2.15. The van der Waals surface area contributed by atoms with Crippen molar-refractivity contribution in [1.82, 2.24) is 9.88 Å². The molecule has 0 atom stereocenters. The Morgan fingerprint density at radius 1 is 1.09 bits per heavy atom. The molecule has 2 aliphatic rings. The molecule has 0 unspecified atom stereocenters. The lowest BCUT2D eigenvalue weighted by atomic mass is 9.97. The first-order valence-corrected chi connectivity index (χ1v) is 8.68. The van der Waals surface area contributed by atoms with Crippen molar-refractivity contribution in [3.8, 4) is 0 Å². The van der Waals surface area contributed by atoms with Gasteiger partial charge in [-0.2, -0.15) is 0 Å². The summed E-state index contributed by atoms with van der Waals surface area (Å²) in [5, 5.41) is 0. The molecule has 3 rings (SSSR count). The zero-order chi connectivity index (χ0) is 15.6. The predicted molar refractivity (Wildman–Crippen MR) is 89.4 cm³/mol. The number of hydrogen-bond acceptors (Lipinski definition) is 3. The molecular weight excluding hydrogens is 274 g/mol. The number of nitrogens with two attached hydrogens (primary N) is 1. The van der Waals surface area contributed by atoms with Gasteiger partial charge in [-0.15, -0.1) is 0 Å². The summed E-state index contributed by atoms with van der Waals surface area (Å²) >= 11 is 0. The molecule has 1 aromatic rings. The average Bonchev–Trinajstić information content (AvgIpc) is 3.09. The molecule has 1 aliphatic heterocycles. The highest BCUT2D eigenvalue weighted by atomic mass is 16.2. The minimum atomic E-state index is 0.296. The highest BCUT2D eigenvalue weighted by Crippen LogP contribution is 2.14. The van der Waals surface area contributed by atoms with Crippen molar-refractivity contribution in [2.24, 2.45) is 5.73 Å². The first-order chi connectivity index (χ1) is 10.8. The van der Waals surface area contributed by atoms with Crippen LogP contribution in [-0.2, 0) is 11.2 Å². The largest absolute Gasteiger partial charge is 0.343 e. The molecule has 4 nitrogen and oxygen atoms in total. The SMILES string of the molecule is NC1CCCCC1.O=C(CCc1ccncc1)N1CCCC1. The molecule has 22 heavy (non-hydrogen) atoms. The molecule has 1 saturated heterocycles. The van der Waals surface area contributed by atoms with E-state index in [0.717, 1.165) is 19.5 Å². The van der Waals surface area contributed by atoms with Crippen molar-refractivity contribution in [3.05, 3.63) is 30.1 Å². The summed E-state index contributed by atoms with van der Waals surface area (Å²) in [6, 6.07) is 4.47. The third kappa shape index (κ3) is 6.14.